The molecule has 0 aliphatic heterocycles. The van der Waals surface area contributed by atoms with E-state index >= 15 is 0 Å². The topological polar surface area (TPSA) is 99.0 Å². The molecule has 3 aromatic rings. The fraction of sp³-hybridized carbons (Fsp3) is 0.211. The molecule has 0 bridgehead atoms. The Labute approximate surface area is 166 Å². The van der Waals surface area contributed by atoms with E-state index in [9.17, 15) is 9.59 Å². The number of ether oxygens (including phenoxy) is 1. The first-order chi connectivity index (χ1) is 13.5. The molecule has 0 unspecified atom stereocenters. The van der Waals surface area contributed by atoms with Gasteiger partial charge >= 0.3 is 5.97 Å². The molecule has 3 rings (SSSR count). The molecule has 0 atom stereocenters. The minimum atomic E-state index is -0.595. The van der Waals surface area contributed by atoms with Crippen molar-refractivity contribution in [3.8, 4) is 0 Å². The Morgan fingerprint density at radius 3 is 2.50 bits per heavy atom. The predicted molar refractivity (Wildman–Crippen MR) is 104 cm³/mol. The van der Waals surface area contributed by atoms with Crippen LogP contribution in [0.15, 0.2) is 58.6 Å². The number of aryl methyl sites for hydroxylation is 2. The molecule has 1 aromatic heterocycles. The molecule has 28 heavy (non-hydrogen) atoms. The van der Waals surface area contributed by atoms with Gasteiger partial charge in [-0.25, -0.2) is 4.68 Å². The SMILES string of the molecule is Cc1ccc(Sc2ccc(NC(=O)COC(=O)Cn3cnnn3)cc2)cc1C. The zero-order chi connectivity index (χ0) is 19.9. The Hall–Kier alpha value is -3.20. The number of nitrogens with zero attached hydrogens (tertiary/aromatic N) is 4. The number of rotatable bonds is 7. The molecule has 144 valence electrons. The first-order valence-corrected chi connectivity index (χ1v) is 9.32. The van der Waals surface area contributed by atoms with Crippen LogP contribution in [-0.4, -0.2) is 38.7 Å². The van der Waals surface area contributed by atoms with Crippen LogP contribution in [0.3, 0.4) is 0 Å². The third-order valence-electron chi connectivity index (χ3n) is 3.90. The average molecular weight is 397 g/mol. The second-order valence-corrected chi connectivity index (χ2v) is 7.24. The summed E-state index contributed by atoms with van der Waals surface area (Å²) in [5.41, 5.74) is 3.15. The molecular weight excluding hydrogens is 378 g/mol. The van der Waals surface area contributed by atoms with Crippen LogP contribution in [0.1, 0.15) is 11.1 Å². The molecule has 0 aliphatic carbocycles. The fourth-order valence-corrected chi connectivity index (χ4v) is 3.21. The minimum Gasteiger partial charge on any atom is -0.454 e. The molecule has 1 heterocycles. The largest absolute Gasteiger partial charge is 0.454 e. The molecule has 0 saturated carbocycles. The highest BCUT2D eigenvalue weighted by atomic mass is 32.2. The number of benzene rings is 2. The Morgan fingerprint density at radius 2 is 1.82 bits per heavy atom. The molecule has 2 aromatic carbocycles. The fourth-order valence-electron chi connectivity index (χ4n) is 2.29. The summed E-state index contributed by atoms with van der Waals surface area (Å²) in [5.74, 6) is -1.01. The van der Waals surface area contributed by atoms with Crippen LogP contribution in [0.2, 0.25) is 0 Å². The second-order valence-electron chi connectivity index (χ2n) is 6.09. The number of nitrogens with one attached hydrogen (secondary N) is 1. The number of amides is 1. The maximum atomic E-state index is 11.9. The van der Waals surface area contributed by atoms with Crippen LogP contribution in [0.25, 0.3) is 0 Å². The summed E-state index contributed by atoms with van der Waals surface area (Å²) in [6, 6.07) is 13.8. The second kappa shape index (κ2) is 9.14. The number of aromatic nitrogens is 4. The molecule has 1 N–H and O–H groups in total. The van der Waals surface area contributed by atoms with E-state index in [4.69, 9.17) is 4.74 Å². The first kappa shape index (κ1) is 19.6. The highest BCUT2D eigenvalue weighted by molar-refractivity contribution is 7.99. The molecule has 9 heteroatoms. The Balaban J connectivity index is 1.47. The molecule has 1 amide bonds. The van der Waals surface area contributed by atoms with E-state index in [1.165, 1.54) is 22.1 Å². The lowest BCUT2D eigenvalue weighted by Gasteiger charge is -2.08. The maximum absolute atomic E-state index is 11.9. The van der Waals surface area contributed by atoms with Crippen molar-refractivity contribution in [2.45, 2.75) is 30.2 Å². The Kier molecular flexibility index (Phi) is 6.38. The maximum Gasteiger partial charge on any atom is 0.328 e. The zero-order valence-corrected chi connectivity index (χ0v) is 16.3. The number of tetrazole rings is 1. The van der Waals surface area contributed by atoms with Crippen molar-refractivity contribution in [3.05, 3.63) is 59.9 Å². The summed E-state index contributed by atoms with van der Waals surface area (Å²) in [4.78, 5) is 25.8. The van der Waals surface area contributed by atoms with Gasteiger partial charge in [0.25, 0.3) is 5.91 Å². The minimum absolute atomic E-state index is 0.148. The molecule has 0 radical (unpaired) electrons. The first-order valence-electron chi connectivity index (χ1n) is 8.51. The van der Waals surface area contributed by atoms with Crippen molar-refractivity contribution in [2.75, 3.05) is 11.9 Å². The summed E-state index contributed by atoms with van der Waals surface area (Å²) >= 11 is 1.65. The molecule has 0 saturated heterocycles. The van der Waals surface area contributed by atoms with E-state index in [2.05, 4.69) is 52.9 Å². The van der Waals surface area contributed by atoms with Crippen molar-refractivity contribution >= 4 is 29.3 Å². The van der Waals surface area contributed by atoms with Gasteiger partial charge in [-0.2, -0.15) is 0 Å². The van der Waals surface area contributed by atoms with Crippen molar-refractivity contribution in [1.29, 1.82) is 0 Å². The summed E-state index contributed by atoms with van der Waals surface area (Å²) in [6.07, 6.45) is 1.29. The van der Waals surface area contributed by atoms with Crippen LogP contribution in [0.5, 0.6) is 0 Å². The summed E-state index contributed by atoms with van der Waals surface area (Å²) in [6.45, 7) is 3.66. The molecule has 8 nitrogen and oxygen atoms in total. The van der Waals surface area contributed by atoms with Gasteiger partial charge < -0.3 is 10.1 Å². The lowest BCUT2D eigenvalue weighted by molar-refractivity contribution is -0.148. The number of hydrogen-bond donors (Lipinski definition) is 1. The van der Waals surface area contributed by atoms with Gasteiger partial charge in [0.1, 0.15) is 12.9 Å². The van der Waals surface area contributed by atoms with Crippen LogP contribution >= 0.6 is 11.8 Å². The number of esters is 1. The van der Waals surface area contributed by atoms with Gasteiger partial charge in [0.2, 0.25) is 0 Å². The quantitative estimate of drug-likeness (QED) is 0.612. The van der Waals surface area contributed by atoms with Crippen molar-refractivity contribution in [1.82, 2.24) is 20.2 Å². The van der Waals surface area contributed by atoms with Crippen LogP contribution < -0.4 is 5.32 Å². The van der Waals surface area contributed by atoms with Gasteiger partial charge in [0, 0.05) is 15.5 Å². The lowest BCUT2D eigenvalue weighted by Crippen LogP contribution is -2.23. The van der Waals surface area contributed by atoms with Crippen LogP contribution in [0.4, 0.5) is 5.69 Å². The lowest BCUT2D eigenvalue weighted by atomic mass is 10.1. The predicted octanol–water partition coefficient (Wildman–Crippen LogP) is 2.62. The van der Waals surface area contributed by atoms with Crippen molar-refractivity contribution in [3.63, 3.8) is 0 Å². The zero-order valence-electron chi connectivity index (χ0n) is 15.5. The highest BCUT2D eigenvalue weighted by Gasteiger charge is 2.09. The highest BCUT2D eigenvalue weighted by Crippen LogP contribution is 2.29. The molecule has 0 fully saturated rings. The van der Waals surface area contributed by atoms with E-state index in [-0.39, 0.29) is 13.2 Å². The monoisotopic (exact) mass is 397 g/mol. The number of anilines is 1. The normalized spacial score (nSPS) is 10.5. The standard InChI is InChI=1S/C19H19N5O3S/c1-13-3-6-17(9-14(13)2)28-16-7-4-15(5-8-16)21-18(25)11-27-19(26)10-24-12-20-22-23-24/h3-9,12H,10-11H2,1-2H3,(H,21,25). The summed E-state index contributed by atoms with van der Waals surface area (Å²) in [7, 11) is 0. The van der Waals surface area contributed by atoms with E-state index < -0.39 is 11.9 Å². The van der Waals surface area contributed by atoms with Gasteiger partial charge in [-0.3, -0.25) is 9.59 Å². The van der Waals surface area contributed by atoms with E-state index in [0.717, 1.165) is 9.79 Å². The van der Waals surface area contributed by atoms with Crippen LogP contribution in [0, 0.1) is 13.8 Å². The van der Waals surface area contributed by atoms with E-state index in [1.807, 2.05) is 24.3 Å². The molecular formula is C19H19N5O3S. The van der Waals surface area contributed by atoms with Gasteiger partial charge in [-0.05, 0) is 71.8 Å². The number of carbonyl (C=O) groups is 2. The van der Waals surface area contributed by atoms with Crippen molar-refractivity contribution < 1.29 is 14.3 Å². The third-order valence-corrected chi connectivity index (χ3v) is 4.90. The number of hydrogen-bond acceptors (Lipinski definition) is 7. The van der Waals surface area contributed by atoms with Gasteiger partial charge in [0.05, 0.1) is 0 Å². The summed E-state index contributed by atoms with van der Waals surface area (Å²) in [5, 5.41) is 13.1. The van der Waals surface area contributed by atoms with Gasteiger partial charge in [0.15, 0.2) is 6.61 Å². The Bertz CT molecular complexity index is 958. The number of carbonyl (C=O) groups excluding carboxylic acids is 2. The third kappa shape index (κ3) is 5.65. The van der Waals surface area contributed by atoms with E-state index in [1.54, 1.807) is 11.8 Å². The van der Waals surface area contributed by atoms with Crippen LogP contribution in [-0.2, 0) is 20.9 Å². The molecule has 0 spiro atoms. The van der Waals surface area contributed by atoms with E-state index in [0.29, 0.717) is 5.69 Å². The summed E-state index contributed by atoms with van der Waals surface area (Å²) < 4.78 is 6.12. The molecule has 0 aliphatic rings. The smallest absolute Gasteiger partial charge is 0.328 e. The van der Waals surface area contributed by atoms with Crippen molar-refractivity contribution in [2.24, 2.45) is 0 Å². The van der Waals surface area contributed by atoms with Gasteiger partial charge in [-0.15, -0.1) is 5.10 Å². The Morgan fingerprint density at radius 1 is 1.07 bits per heavy atom. The average Bonchev–Trinajstić information content (AvgIpc) is 3.18. The van der Waals surface area contributed by atoms with Gasteiger partial charge in [-0.1, -0.05) is 17.8 Å².